The number of hydrogen-bond donors (Lipinski definition) is 2. The SMILES string of the molecule is C=CCNC(=O)c1ccccc1NC(=O)c1ccc(OCCCCCC)c(Br)c1. The lowest BCUT2D eigenvalue weighted by molar-refractivity contribution is 0.0959. The second-order valence-electron chi connectivity index (χ2n) is 6.55. The number of amides is 2. The number of halogens is 1. The predicted molar refractivity (Wildman–Crippen MR) is 121 cm³/mol. The Labute approximate surface area is 180 Å². The van der Waals surface area contributed by atoms with E-state index in [-0.39, 0.29) is 11.8 Å². The zero-order chi connectivity index (χ0) is 21.1. The van der Waals surface area contributed by atoms with Crippen molar-refractivity contribution in [2.24, 2.45) is 0 Å². The molecule has 0 spiro atoms. The molecule has 2 amide bonds. The van der Waals surface area contributed by atoms with Gasteiger partial charge in [-0.1, -0.05) is 44.4 Å². The maximum Gasteiger partial charge on any atom is 0.255 e. The molecule has 29 heavy (non-hydrogen) atoms. The van der Waals surface area contributed by atoms with E-state index in [4.69, 9.17) is 4.74 Å². The molecular formula is C23H27BrN2O3. The molecule has 0 bridgehead atoms. The molecule has 0 heterocycles. The van der Waals surface area contributed by atoms with Crippen LogP contribution in [0.1, 0.15) is 53.3 Å². The van der Waals surface area contributed by atoms with Gasteiger partial charge in [-0.3, -0.25) is 9.59 Å². The molecule has 2 aromatic rings. The molecule has 5 nitrogen and oxygen atoms in total. The standard InChI is InChI=1S/C23H27BrN2O3/c1-3-5-6-9-15-29-21-13-12-17(16-19(21)24)22(27)26-20-11-8-7-10-18(20)23(28)25-14-4-2/h4,7-8,10-13,16H,2-3,5-6,9,14-15H2,1H3,(H,25,28)(H,26,27). The number of rotatable bonds is 11. The van der Waals surface area contributed by atoms with Gasteiger partial charge in [0.25, 0.3) is 11.8 Å². The first-order valence-electron chi connectivity index (χ1n) is 9.78. The van der Waals surface area contributed by atoms with Crippen LogP contribution in [0.4, 0.5) is 5.69 Å². The van der Waals surface area contributed by atoms with Crippen LogP contribution in [-0.4, -0.2) is 25.0 Å². The van der Waals surface area contributed by atoms with E-state index in [0.29, 0.717) is 35.7 Å². The van der Waals surface area contributed by atoms with E-state index in [1.165, 1.54) is 12.8 Å². The molecular weight excluding hydrogens is 432 g/mol. The maximum absolute atomic E-state index is 12.7. The third kappa shape index (κ3) is 7.06. The summed E-state index contributed by atoms with van der Waals surface area (Å²) in [6.07, 6.45) is 6.15. The van der Waals surface area contributed by atoms with E-state index < -0.39 is 0 Å². The number of carbonyl (C=O) groups excluding carboxylic acids is 2. The molecule has 0 aliphatic rings. The Kier molecular flexibility index (Phi) is 9.44. The van der Waals surface area contributed by atoms with Crippen molar-refractivity contribution < 1.29 is 14.3 Å². The molecule has 2 N–H and O–H groups in total. The minimum Gasteiger partial charge on any atom is -0.492 e. The van der Waals surface area contributed by atoms with Crippen LogP contribution < -0.4 is 15.4 Å². The van der Waals surface area contributed by atoms with Gasteiger partial charge in [-0.05, 0) is 52.7 Å². The van der Waals surface area contributed by atoms with Crippen molar-refractivity contribution in [3.05, 3.63) is 70.7 Å². The summed E-state index contributed by atoms with van der Waals surface area (Å²) in [7, 11) is 0. The average Bonchev–Trinajstić information content (AvgIpc) is 2.73. The summed E-state index contributed by atoms with van der Waals surface area (Å²) < 4.78 is 6.50. The molecule has 0 aliphatic heterocycles. The lowest BCUT2D eigenvalue weighted by atomic mass is 10.1. The number of nitrogens with one attached hydrogen (secondary N) is 2. The Balaban J connectivity index is 2.03. The summed E-state index contributed by atoms with van der Waals surface area (Å²) in [5.74, 6) is 0.139. The minimum atomic E-state index is -0.302. The van der Waals surface area contributed by atoms with Crippen molar-refractivity contribution in [1.29, 1.82) is 0 Å². The monoisotopic (exact) mass is 458 g/mol. The van der Waals surface area contributed by atoms with Crippen molar-refractivity contribution in [3.63, 3.8) is 0 Å². The van der Waals surface area contributed by atoms with E-state index in [1.54, 1.807) is 48.5 Å². The first-order chi connectivity index (χ1) is 14.1. The molecule has 0 fully saturated rings. The lowest BCUT2D eigenvalue weighted by Gasteiger charge is -2.12. The van der Waals surface area contributed by atoms with Crippen molar-refractivity contribution >= 4 is 33.4 Å². The van der Waals surface area contributed by atoms with Gasteiger partial charge in [0, 0.05) is 12.1 Å². The van der Waals surface area contributed by atoms with Crippen LogP contribution in [0.2, 0.25) is 0 Å². The molecule has 6 heteroatoms. The second-order valence-corrected chi connectivity index (χ2v) is 7.41. The van der Waals surface area contributed by atoms with Gasteiger partial charge >= 0.3 is 0 Å². The van der Waals surface area contributed by atoms with E-state index in [1.807, 2.05) is 0 Å². The Bertz CT molecular complexity index is 852. The molecule has 0 unspecified atom stereocenters. The molecule has 0 aliphatic carbocycles. The smallest absolute Gasteiger partial charge is 0.255 e. The number of ether oxygens (including phenoxy) is 1. The average molecular weight is 459 g/mol. The molecule has 154 valence electrons. The topological polar surface area (TPSA) is 67.4 Å². The van der Waals surface area contributed by atoms with Crippen LogP contribution in [0.15, 0.2) is 59.6 Å². The van der Waals surface area contributed by atoms with Crippen LogP contribution in [0.3, 0.4) is 0 Å². The summed E-state index contributed by atoms with van der Waals surface area (Å²) in [4.78, 5) is 25.0. The molecule has 0 saturated heterocycles. The number of benzene rings is 2. The van der Waals surface area contributed by atoms with E-state index in [0.717, 1.165) is 17.3 Å². The molecule has 0 saturated carbocycles. The van der Waals surface area contributed by atoms with Gasteiger partial charge in [-0.25, -0.2) is 0 Å². The van der Waals surface area contributed by atoms with Crippen LogP contribution in [0, 0.1) is 0 Å². The molecule has 0 radical (unpaired) electrons. The van der Waals surface area contributed by atoms with Crippen LogP contribution in [-0.2, 0) is 0 Å². The van der Waals surface area contributed by atoms with Crippen molar-refractivity contribution in [3.8, 4) is 5.75 Å². The highest BCUT2D eigenvalue weighted by Crippen LogP contribution is 2.27. The van der Waals surface area contributed by atoms with Crippen molar-refractivity contribution in [2.75, 3.05) is 18.5 Å². The normalized spacial score (nSPS) is 10.3. The van der Waals surface area contributed by atoms with E-state index >= 15 is 0 Å². The minimum absolute atomic E-state index is 0.270. The quantitative estimate of drug-likeness (QED) is 0.341. The van der Waals surface area contributed by atoms with Gasteiger partial charge in [0.2, 0.25) is 0 Å². The summed E-state index contributed by atoms with van der Waals surface area (Å²) in [5.41, 5.74) is 1.32. The summed E-state index contributed by atoms with van der Waals surface area (Å²) in [6, 6.07) is 12.1. The molecule has 0 aromatic heterocycles. The molecule has 2 rings (SSSR count). The fourth-order valence-corrected chi connectivity index (χ4v) is 3.21. The highest BCUT2D eigenvalue weighted by Gasteiger charge is 2.14. The van der Waals surface area contributed by atoms with Gasteiger partial charge in [0.15, 0.2) is 0 Å². The fraction of sp³-hybridized carbons (Fsp3) is 0.304. The number of anilines is 1. The first-order valence-corrected chi connectivity index (χ1v) is 10.6. The number of unbranched alkanes of at least 4 members (excludes halogenated alkanes) is 3. The second kappa shape index (κ2) is 12.1. The van der Waals surface area contributed by atoms with Crippen LogP contribution >= 0.6 is 15.9 Å². The zero-order valence-electron chi connectivity index (χ0n) is 16.7. The van der Waals surface area contributed by atoms with E-state index in [9.17, 15) is 9.59 Å². The van der Waals surface area contributed by atoms with Gasteiger partial charge in [0.05, 0.1) is 22.3 Å². The first kappa shape index (κ1) is 22.7. The van der Waals surface area contributed by atoms with Gasteiger partial charge < -0.3 is 15.4 Å². The third-order valence-corrected chi connectivity index (χ3v) is 4.90. The third-order valence-electron chi connectivity index (χ3n) is 4.28. The van der Waals surface area contributed by atoms with Gasteiger partial charge in [-0.15, -0.1) is 6.58 Å². The zero-order valence-corrected chi connectivity index (χ0v) is 18.3. The van der Waals surface area contributed by atoms with Crippen LogP contribution in [0.25, 0.3) is 0 Å². The van der Waals surface area contributed by atoms with Gasteiger partial charge in [0.1, 0.15) is 5.75 Å². The number of carbonyl (C=O) groups is 2. The van der Waals surface area contributed by atoms with Gasteiger partial charge in [-0.2, -0.15) is 0 Å². The lowest BCUT2D eigenvalue weighted by Crippen LogP contribution is -2.25. The maximum atomic E-state index is 12.7. The molecule has 2 aromatic carbocycles. The summed E-state index contributed by atoms with van der Waals surface area (Å²) in [5, 5.41) is 5.53. The van der Waals surface area contributed by atoms with Crippen LogP contribution in [0.5, 0.6) is 5.75 Å². The Morgan fingerprint density at radius 3 is 2.62 bits per heavy atom. The molecule has 0 atom stereocenters. The Morgan fingerprint density at radius 1 is 1.10 bits per heavy atom. The largest absolute Gasteiger partial charge is 0.492 e. The predicted octanol–water partition coefficient (Wildman–Crippen LogP) is 5.58. The Morgan fingerprint density at radius 2 is 1.90 bits per heavy atom. The summed E-state index contributed by atoms with van der Waals surface area (Å²) in [6.45, 7) is 6.76. The number of para-hydroxylation sites is 1. The highest BCUT2D eigenvalue weighted by molar-refractivity contribution is 9.10. The van der Waals surface area contributed by atoms with Crippen molar-refractivity contribution in [1.82, 2.24) is 5.32 Å². The fourth-order valence-electron chi connectivity index (χ4n) is 2.71. The van der Waals surface area contributed by atoms with E-state index in [2.05, 4.69) is 40.1 Å². The highest BCUT2D eigenvalue weighted by atomic mass is 79.9. The Hall–Kier alpha value is -2.60. The number of hydrogen-bond acceptors (Lipinski definition) is 3. The van der Waals surface area contributed by atoms with Crippen molar-refractivity contribution in [2.45, 2.75) is 32.6 Å². The summed E-state index contributed by atoms with van der Waals surface area (Å²) >= 11 is 3.47.